The molecule has 0 radical (unpaired) electrons. The average molecular weight is 282 g/mol. The van der Waals surface area contributed by atoms with Gasteiger partial charge in [-0.3, -0.25) is 0 Å². The van der Waals surface area contributed by atoms with Crippen molar-refractivity contribution in [3.8, 4) is 11.8 Å². The van der Waals surface area contributed by atoms with Gasteiger partial charge in [0, 0.05) is 22.9 Å². The van der Waals surface area contributed by atoms with Crippen LogP contribution in [0, 0.1) is 11.8 Å². The van der Waals surface area contributed by atoms with Crippen LogP contribution in [0.2, 0.25) is 0 Å². The highest BCUT2D eigenvalue weighted by Gasteiger charge is 2.01. The zero-order chi connectivity index (χ0) is 13.2. The van der Waals surface area contributed by atoms with E-state index in [1.54, 1.807) is 11.3 Å². The molecule has 0 aliphatic rings. The summed E-state index contributed by atoms with van der Waals surface area (Å²) in [5.41, 5.74) is 5.36. The quantitative estimate of drug-likeness (QED) is 0.616. The Bertz CT molecular complexity index is 386. The smallest absolute Gasteiger partial charge is 0.0772 e. The molecule has 0 aliphatic heterocycles. The molecule has 0 saturated heterocycles. The van der Waals surface area contributed by atoms with Crippen LogP contribution in [0.15, 0.2) is 12.1 Å². The van der Waals surface area contributed by atoms with Crippen LogP contribution in [0.25, 0.3) is 0 Å². The zero-order valence-corrected chi connectivity index (χ0v) is 12.9. The van der Waals surface area contributed by atoms with Gasteiger partial charge in [0.1, 0.15) is 0 Å². The molecule has 2 N–H and O–H groups in total. The van der Waals surface area contributed by atoms with E-state index in [4.69, 9.17) is 5.73 Å². The Morgan fingerprint density at radius 1 is 1.33 bits per heavy atom. The van der Waals surface area contributed by atoms with Crippen molar-refractivity contribution in [3.63, 3.8) is 0 Å². The summed E-state index contributed by atoms with van der Waals surface area (Å²) in [6, 6.07) is 4.27. The summed E-state index contributed by atoms with van der Waals surface area (Å²) in [7, 11) is 0. The summed E-state index contributed by atoms with van der Waals surface area (Å²) in [4.78, 5) is 4.99. The van der Waals surface area contributed by atoms with Crippen molar-refractivity contribution in [1.29, 1.82) is 0 Å². The predicted octanol–water partition coefficient (Wildman–Crippen LogP) is 2.63. The van der Waals surface area contributed by atoms with Gasteiger partial charge < -0.3 is 10.6 Å². The van der Waals surface area contributed by atoms with Crippen LogP contribution in [0.4, 0.5) is 0 Å². The molecule has 2 nitrogen and oxygen atoms in total. The number of nitrogens with two attached hydrogens (primary N) is 1. The summed E-state index contributed by atoms with van der Waals surface area (Å²) in [5, 5.41) is 0. The Kier molecular flexibility index (Phi) is 8.19. The van der Waals surface area contributed by atoms with Crippen LogP contribution in [0.3, 0.4) is 0 Å². The molecule has 1 heterocycles. The highest BCUT2D eigenvalue weighted by atomic mass is 32.2. The Hall–Kier alpha value is -0.470. The van der Waals surface area contributed by atoms with E-state index in [0.29, 0.717) is 6.54 Å². The van der Waals surface area contributed by atoms with Crippen molar-refractivity contribution in [2.24, 2.45) is 5.73 Å². The highest BCUT2D eigenvalue weighted by molar-refractivity contribution is 7.98. The number of nitrogens with zero attached hydrogens (tertiary/aromatic N) is 1. The van der Waals surface area contributed by atoms with Gasteiger partial charge in [-0.05, 0) is 25.2 Å². The van der Waals surface area contributed by atoms with Gasteiger partial charge in [-0.1, -0.05) is 25.7 Å². The summed E-state index contributed by atoms with van der Waals surface area (Å²) in [5.74, 6) is 8.26. The van der Waals surface area contributed by atoms with E-state index in [2.05, 4.69) is 42.7 Å². The molecule has 0 fully saturated rings. The van der Waals surface area contributed by atoms with Gasteiger partial charge in [-0.15, -0.1) is 11.3 Å². The topological polar surface area (TPSA) is 29.3 Å². The minimum Gasteiger partial charge on any atom is -0.320 e. The number of thioether (sulfide) groups is 1. The van der Waals surface area contributed by atoms with Crippen molar-refractivity contribution < 1.29 is 0 Å². The lowest BCUT2D eigenvalue weighted by molar-refractivity contribution is 0.324. The van der Waals surface area contributed by atoms with E-state index in [0.717, 1.165) is 23.7 Å². The van der Waals surface area contributed by atoms with Crippen LogP contribution in [-0.4, -0.2) is 36.8 Å². The summed E-state index contributed by atoms with van der Waals surface area (Å²) < 4.78 is 0. The fourth-order valence-electron chi connectivity index (χ4n) is 1.57. The number of hydrogen-bond donors (Lipinski definition) is 1. The van der Waals surface area contributed by atoms with Gasteiger partial charge in [0.25, 0.3) is 0 Å². The largest absolute Gasteiger partial charge is 0.320 e. The summed E-state index contributed by atoms with van der Waals surface area (Å²) in [6.45, 7) is 8.35. The van der Waals surface area contributed by atoms with E-state index in [1.807, 2.05) is 11.8 Å². The molecule has 0 unspecified atom stereocenters. The second-order valence-electron chi connectivity index (χ2n) is 3.85. The van der Waals surface area contributed by atoms with Crippen molar-refractivity contribution in [2.45, 2.75) is 19.6 Å². The normalized spacial score (nSPS) is 10.4. The summed E-state index contributed by atoms with van der Waals surface area (Å²) in [6.07, 6.45) is 0. The molecule has 0 atom stereocenters. The van der Waals surface area contributed by atoms with Crippen molar-refractivity contribution in [3.05, 3.63) is 21.9 Å². The van der Waals surface area contributed by atoms with E-state index in [-0.39, 0.29) is 0 Å². The monoisotopic (exact) mass is 282 g/mol. The number of rotatable bonds is 7. The van der Waals surface area contributed by atoms with E-state index < -0.39 is 0 Å². The van der Waals surface area contributed by atoms with Gasteiger partial charge in [0.05, 0.1) is 11.4 Å². The minimum absolute atomic E-state index is 0.436. The molecule has 0 aromatic carbocycles. The first kappa shape index (κ1) is 15.6. The van der Waals surface area contributed by atoms with E-state index >= 15 is 0 Å². The molecule has 1 aromatic heterocycles. The molecule has 1 rings (SSSR count). The molecule has 0 aliphatic carbocycles. The fourth-order valence-corrected chi connectivity index (χ4v) is 3.56. The Morgan fingerprint density at radius 3 is 2.78 bits per heavy atom. The second-order valence-corrected chi connectivity index (χ2v) is 6.12. The van der Waals surface area contributed by atoms with Crippen LogP contribution in [0.1, 0.15) is 23.6 Å². The second kappa shape index (κ2) is 9.46. The van der Waals surface area contributed by atoms with Gasteiger partial charge in [0.15, 0.2) is 0 Å². The first-order valence-corrected chi connectivity index (χ1v) is 8.35. The molecule has 4 heteroatoms. The molecule has 100 valence electrons. The van der Waals surface area contributed by atoms with Crippen molar-refractivity contribution in [1.82, 2.24) is 4.90 Å². The maximum absolute atomic E-state index is 5.36. The Morgan fingerprint density at radius 2 is 2.11 bits per heavy atom. The van der Waals surface area contributed by atoms with E-state index in [9.17, 15) is 0 Å². The third-order valence-corrected chi connectivity index (χ3v) is 4.84. The molecule has 0 bridgehead atoms. The molecule has 0 amide bonds. The lowest BCUT2D eigenvalue weighted by atomic mass is 10.4. The van der Waals surface area contributed by atoms with Gasteiger partial charge in [-0.2, -0.15) is 11.8 Å². The van der Waals surface area contributed by atoms with Gasteiger partial charge in [0.2, 0.25) is 0 Å². The molecule has 0 spiro atoms. The molecular weight excluding hydrogens is 260 g/mol. The lowest BCUT2D eigenvalue weighted by Gasteiger charge is -2.17. The maximum atomic E-state index is 5.36. The molecular formula is C14H22N2S2. The minimum atomic E-state index is 0.436. The molecule has 1 aromatic rings. The van der Waals surface area contributed by atoms with Crippen LogP contribution >= 0.6 is 23.1 Å². The third kappa shape index (κ3) is 5.92. The number of thiophene rings is 1. The van der Waals surface area contributed by atoms with Gasteiger partial charge in [-0.25, -0.2) is 0 Å². The van der Waals surface area contributed by atoms with Crippen LogP contribution in [0.5, 0.6) is 0 Å². The first-order valence-electron chi connectivity index (χ1n) is 6.37. The Labute approximate surface area is 119 Å². The van der Waals surface area contributed by atoms with Crippen LogP contribution < -0.4 is 5.73 Å². The van der Waals surface area contributed by atoms with Crippen LogP contribution in [-0.2, 0) is 5.75 Å². The first-order chi connectivity index (χ1) is 8.80. The molecule has 18 heavy (non-hydrogen) atoms. The van der Waals surface area contributed by atoms with Gasteiger partial charge >= 0.3 is 0 Å². The zero-order valence-electron chi connectivity index (χ0n) is 11.2. The highest BCUT2D eigenvalue weighted by Crippen LogP contribution is 2.21. The lowest BCUT2D eigenvalue weighted by Crippen LogP contribution is -2.25. The molecule has 0 saturated carbocycles. The number of hydrogen-bond acceptors (Lipinski definition) is 4. The van der Waals surface area contributed by atoms with Crippen molar-refractivity contribution >= 4 is 23.1 Å². The standard InChI is InChI=1S/C14H22N2S2/c1-3-16(4-2)10-11-17-12-14-8-7-13(18-14)6-5-9-15/h7-8H,3-4,9-12,15H2,1-2H3. The average Bonchev–Trinajstić information content (AvgIpc) is 2.84. The van der Waals surface area contributed by atoms with E-state index in [1.165, 1.54) is 17.2 Å². The maximum Gasteiger partial charge on any atom is 0.0772 e. The van der Waals surface area contributed by atoms with Crippen molar-refractivity contribution in [2.75, 3.05) is 31.9 Å². The SMILES string of the molecule is CCN(CC)CCSCc1ccc(C#CCN)s1. The fraction of sp³-hybridized carbons (Fsp3) is 0.571. The third-order valence-electron chi connectivity index (χ3n) is 2.67. The summed E-state index contributed by atoms with van der Waals surface area (Å²) >= 11 is 3.78. The predicted molar refractivity (Wildman–Crippen MR) is 84.2 cm³/mol. The Balaban J connectivity index is 2.25.